The van der Waals surface area contributed by atoms with Crippen molar-refractivity contribution in [1.29, 1.82) is 0 Å². The van der Waals surface area contributed by atoms with Crippen LogP contribution in [-0.2, 0) is 4.74 Å². The zero-order valence-corrected chi connectivity index (χ0v) is 12.7. The number of hydrogen-bond donors (Lipinski definition) is 1. The molecule has 1 aliphatic rings. The number of rotatable bonds is 4. The van der Waals surface area contributed by atoms with Crippen molar-refractivity contribution in [3.05, 3.63) is 53.2 Å². The third kappa shape index (κ3) is 3.85. The topological polar surface area (TPSA) is 21.3 Å². The Morgan fingerprint density at radius 1 is 1.42 bits per heavy atom. The second-order valence-electron chi connectivity index (χ2n) is 4.32. The third-order valence-corrected chi connectivity index (χ3v) is 3.18. The average molecular weight is 280 g/mol. The van der Waals surface area contributed by atoms with Crippen LogP contribution < -0.4 is 5.32 Å². The number of nitrogens with one attached hydrogen (secondary N) is 1. The van der Waals surface area contributed by atoms with Gasteiger partial charge in [-0.1, -0.05) is 44.2 Å². The highest BCUT2D eigenvalue weighted by Crippen LogP contribution is 2.42. The molecule has 2 nitrogen and oxygen atoms in total. The predicted octanol–water partition coefficient (Wildman–Crippen LogP) is 4.98. The SMILES string of the molecule is C=C(COC)CC1C(=C)Nc2ccc(Cl)cc21.CC. The Balaban J connectivity index is 0.000000861. The maximum Gasteiger partial charge on any atom is 0.0670 e. The number of ether oxygens (including phenoxy) is 1. The summed E-state index contributed by atoms with van der Waals surface area (Å²) in [5, 5.41) is 4.04. The van der Waals surface area contributed by atoms with E-state index in [1.807, 2.05) is 32.0 Å². The summed E-state index contributed by atoms with van der Waals surface area (Å²) < 4.78 is 5.09. The second-order valence-corrected chi connectivity index (χ2v) is 4.76. The maximum atomic E-state index is 6.03. The minimum absolute atomic E-state index is 0.242. The first-order valence-electron chi connectivity index (χ1n) is 6.52. The molecular formula is C16H22ClNO. The molecule has 3 heteroatoms. The molecule has 1 atom stereocenters. The fourth-order valence-corrected chi connectivity index (χ4v) is 2.35. The van der Waals surface area contributed by atoms with Crippen LogP contribution in [0, 0.1) is 0 Å². The van der Waals surface area contributed by atoms with Gasteiger partial charge in [-0.25, -0.2) is 0 Å². The number of fused-ring (bicyclic) bond motifs is 1. The monoisotopic (exact) mass is 279 g/mol. The summed E-state index contributed by atoms with van der Waals surface area (Å²) in [7, 11) is 1.68. The van der Waals surface area contributed by atoms with E-state index in [4.69, 9.17) is 16.3 Å². The first kappa shape index (κ1) is 15.8. The Kier molecular flexibility index (Phi) is 6.13. The van der Waals surface area contributed by atoms with Crippen LogP contribution in [0.2, 0.25) is 5.02 Å². The van der Waals surface area contributed by atoms with Crippen molar-refractivity contribution in [1.82, 2.24) is 0 Å². The van der Waals surface area contributed by atoms with Gasteiger partial charge in [0.1, 0.15) is 0 Å². The van der Waals surface area contributed by atoms with Gasteiger partial charge in [-0.05, 0) is 30.2 Å². The number of hydrogen-bond acceptors (Lipinski definition) is 2. The average Bonchev–Trinajstić information content (AvgIpc) is 2.69. The van der Waals surface area contributed by atoms with Gasteiger partial charge < -0.3 is 10.1 Å². The molecule has 1 N–H and O–H groups in total. The molecule has 0 spiro atoms. The first-order valence-corrected chi connectivity index (χ1v) is 6.90. The third-order valence-electron chi connectivity index (χ3n) is 2.95. The van der Waals surface area contributed by atoms with Crippen molar-refractivity contribution in [2.75, 3.05) is 19.0 Å². The predicted molar refractivity (Wildman–Crippen MR) is 83.9 cm³/mol. The van der Waals surface area contributed by atoms with Crippen LogP contribution in [-0.4, -0.2) is 13.7 Å². The van der Waals surface area contributed by atoms with E-state index in [9.17, 15) is 0 Å². The number of methoxy groups -OCH3 is 1. The number of benzene rings is 1. The highest BCUT2D eigenvalue weighted by atomic mass is 35.5. The quantitative estimate of drug-likeness (QED) is 0.785. The molecule has 0 amide bonds. The summed E-state index contributed by atoms with van der Waals surface area (Å²) in [6.07, 6.45) is 0.840. The summed E-state index contributed by atoms with van der Waals surface area (Å²) in [5.41, 5.74) is 4.35. The van der Waals surface area contributed by atoms with Crippen molar-refractivity contribution in [3.63, 3.8) is 0 Å². The standard InChI is InChI=1S/C14H16ClNO.C2H6/c1-9(8-17-3)6-12-10(2)16-14-5-4-11(15)7-13(12)14;1-2/h4-5,7,12,16H,1-2,6,8H2,3H3;1-2H3. The molecule has 1 unspecified atom stereocenters. The van der Waals surface area contributed by atoms with Crippen LogP contribution in [0.5, 0.6) is 0 Å². The molecule has 1 aromatic rings. The summed E-state index contributed by atoms with van der Waals surface area (Å²) in [4.78, 5) is 0. The number of allylic oxidation sites excluding steroid dienone is 1. The molecule has 0 aromatic heterocycles. The second kappa shape index (κ2) is 7.37. The van der Waals surface area contributed by atoms with E-state index in [0.29, 0.717) is 6.61 Å². The minimum atomic E-state index is 0.242. The van der Waals surface area contributed by atoms with E-state index in [1.165, 1.54) is 5.56 Å². The molecule has 0 fully saturated rings. The largest absolute Gasteiger partial charge is 0.380 e. The summed E-state index contributed by atoms with van der Waals surface area (Å²) in [5.74, 6) is 0.242. The van der Waals surface area contributed by atoms with E-state index < -0.39 is 0 Å². The Hall–Kier alpha value is -1.25. The first-order chi connectivity index (χ1) is 9.11. The normalized spacial score (nSPS) is 16.2. The molecule has 0 aliphatic carbocycles. The summed E-state index contributed by atoms with van der Waals surface area (Å²) in [6, 6.07) is 5.86. The van der Waals surface area contributed by atoms with E-state index in [0.717, 1.165) is 28.4 Å². The van der Waals surface area contributed by atoms with Crippen molar-refractivity contribution in [2.45, 2.75) is 26.2 Å². The molecule has 0 radical (unpaired) electrons. The molecule has 104 valence electrons. The van der Waals surface area contributed by atoms with Gasteiger partial charge in [-0.3, -0.25) is 0 Å². The molecule has 1 aromatic carbocycles. The molecule has 0 bridgehead atoms. The molecular weight excluding hydrogens is 258 g/mol. The van der Waals surface area contributed by atoms with Crippen LogP contribution in [0.15, 0.2) is 42.6 Å². The minimum Gasteiger partial charge on any atom is -0.380 e. The molecule has 0 saturated carbocycles. The van der Waals surface area contributed by atoms with Gasteiger partial charge in [-0.15, -0.1) is 0 Å². The Bertz CT molecular complexity index is 468. The van der Waals surface area contributed by atoms with Crippen molar-refractivity contribution in [2.24, 2.45) is 0 Å². The van der Waals surface area contributed by atoms with Gasteiger partial charge in [0.05, 0.1) is 6.61 Å². The molecule has 2 rings (SSSR count). The molecule has 0 saturated heterocycles. The molecule has 1 heterocycles. The Morgan fingerprint density at radius 2 is 2.11 bits per heavy atom. The van der Waals surface area contributed by atoms with Crippen LogP contribution in [0.25, 0.3) is 0 Å². The lowest BCUT2D eigenvalue weighted by molar-refractivity contribution is 0.223. The van der Waals surface area contributed by atoms with Crippen molar-refractivity contribution >= 4 is 17.3 Å². The van der Waals surface area contributed by atoms with Gasteiger partial charge in [0, 0.05) is 29.4 Å². The van der Waals surface area contributed by atoms with E-state index in [-0.39, 0.29) is 5.92 Å². The Morgan fingerprint density at radius 3 is 2.74 bits per heavy atom. The molecule has 1 aliphatic heterocycles. The van der Waals surface area contributed by atoms with Crippen LogP contribution >= 0.6 is 11.6 Å². The maximum absolute atomic E-state index is 6.03. The van der Waals surface area contributed by atoms with Crippen LogP contribution in [0.3, 0.4) is 0 Å². The van der Waals surface area contributed by atoms with Crippen LogP contribution in [0.4, 0.5) is 5.69 Å². The van der Waals surface area contributed by atoms with Gasteiger partial charge in [-0.2, -0.15) is 0 Å². The van der Waals surface area contributed by atoms with Crippen LogP contribution in [0.1, 0.15) is 31.7 Å². The summed E-state index contributed by atoms with van der Waals surface area (Å²) >= 11 is 6.03. The molecule has 19 heavy (non-hydrogen) atoms. The number of anilines is 1. The lowest BCUT2D eigenvalue weighted by Gasteiger charge is -2.13. The lowest BCUT2D eigenvalue weighted by Crippen LogP contribution is -2.03. The smallest absolute Gasteiger partial charge is 0.0670 e. The number of halogens is 1. The van der Waals surface area contributed by atoms with Gasteiger partial charge >= 0.3 is 0 Å². The van der Waals surface area contributed by atoms with Crippen molar-refractivity contribution < 1.29 is 4.74 Å². The van der Waals surface area contributed by atoms with E-state index in [1.54, 1.807) is 7.11 Å². The fourth-order valence-electron chi connectivity index (χ4n) is 2.17. The van der Waals surface area contributed by atoms with E-state index in [2.05, 4.69) is 18.5 Å². The van der Waals surface area contributed by atoms with E-state index >= 15 is 0 Å². The lowest BCUT2D eigenvalue weighted by atomic mass is 9.92. The highest BCUT2D eigenvalue weighted by Gasteiger charge is 2.26. The Labute approximate surface area is 121 Å². The zero-order valence-electron chi connectivity index (χ0n) is 11.9. The summed E-state index contributed by atoms with van der Waals surface area (Å²) in [6.45, 7) is 12.7. The van der Waals surface area contributed by atoms with Gasteiger partial charge in [0.2, 0.25) is 0 Å². The highest BCUT2D eigenvalue weighted by molar-refractivity contribution is 6.30. The van der Waals surface area contributed by atoms with Crippen molar-refractivity contribution in [3.8, 4) is 0 Å². The van der Waals surface area contributed by atoms with Gasteiger partial charge in [0.15, 0.2) is 0 Å². The fraction of sp³-hybridized carbons (Fsp3) is 0.375. The zero-order chi connectivity index (χ0) is 14.4. The van der Waals surface area contributed by atoms with Gasteiger partial charge in [0.25, 0.3) is 0 Å².